The summed E-state index contributed by atoms with van der Waals surface area (Å²) in [5.74, 6) is -5.67. The van der Waals surface area contributed by atoms with E-state index in [-0.39, 0.29) is 42.3 Å². The molecular formula is C32H40F2N4O6. The van der Waals surface area contributed by atoms with Gasteiger partial charge in [0.2, 0.25) is 11.8 Å². The Labute approximate surface area is 255 Å². The van der Waals surface area contributed by atoms with Crippen LogP contribution in [0.15, 0.2) is 18.2 Å². The van der Waals surface area contributed by atoms with Crippen molar-refractivity contribution in [3.05, 3.63) is 23.9 Å². The number of rotatable bonds is 2. The SMILES string of the molecule is COc1ccc2nc3c(nc2c1)O[C@H]1CN(C(=O)[C@H](C(C)(C)C)NC(=O)O[C@@H]2C[C@H]2CCCC2C3C2(F)F)[C@H](C(C)=O)[C@@H]1C. The van der Waals surface area contributed by atoms with Crippen LogP contribution >= 0.6 is 0 Å². The average Bonchev–Trinajstić information content (AvgIpc) is 3.77. The van der Waals surface area contributed by atoms with Crippen LogP contribution in [0.1, 0.15) is 71.9 Å². The van der Waals surface area contributed by atoms with Crippen molar-refractivity contribution >= 4 is 28.8 Å². The molecule has 8 atom stereocenters. The Hall–Kier alpha value is -3.57. The summed E-state index contributed by atoms with van der Waals surface area (Å²) in [5, 5.41) is 2.76. The highest BCUT2D eigenvalue weighted by molar-refractivity contribution is 5.92. The van der Waals surface area contributed by atoms with Crippen molar-refractivity contribution in [1.29, 1.82) is 0 Å². The van der Waals surface area contributed by atoms with Crippen molar-refractivity contribution in [2.75, 3.05) is 13.7 Å². The van der Waals surface area contributed by atoms with E-state index in [4.69, 9.17) is 14.2 Å². The molecule has 2 saturated carbocycles. The maximum Gasteiger partial charge on any atom is 0.408 e. The van der Waals surface area contributed by atoms with Crippen LogP contribution in [0.2, 0.25) is 0 Å². The predicted octanol–water partition coefficient (Wildman–Crippen LogP) is 4.88. The molecule has 2 aliphatic heterocycles. The molecule has 2 bridgehead atoms. The van der Waals surface area contributed by atoms with Gasteiger partial charge in [-0.2, -0.15) is 0 Å². The minimum atomic E-state index is -2.99. The van der Waals surface area contributed by atoms with Crippen LogP contribution in [0.5, 0.6) is 11.6 Å². The molecule has 1 saturated heterocycles. The maximum absolute atomic E-state index is 15.4. The molecule has 6 rings (SSSR count). The molecule has 10 nitrogen and oxygen atoms in total. The van der Waals surface area contributed by atoms with Gasteiger partial charge in [0.25, 0.3) is 5.92 Å². The smallest absolute Gasteiger partial charge is 0.408 e. The number of fused-ring (bicyclic) bond motifs is 7. The van der Waals surface area contributed by atoms with Gasteiger partial charge in [-0.25, -0.2) is 23.5 Å². The van der Waals surface area contributed by atoms with Gasteiger partial charge in [0.1, 0.15) is 29.7 Å². The van der Waals surface area contributed by atoms with Crippen LogP contribution in [0.4, 0.5) is 13.6 Å². The van der Waals surface area contributed by atoms with E-state index in [1.165, 1.54) is 18.9 Å². The molecule has 1 aromatic heterocycles. The van der Waals surface area contributed by atoms with Gasteiger partial charge in [-0.05, 0) is 49.7 Å². The first kappa shape index (κ1) is 30.5. The number of carbonyl (C=O) groups is 3. The lowest BCUT2D eigenvalue weighted by Crippen LogP contribution is -2.57. The Kier molecular flexibility index (Phi) is 7.48. The molecule has 0 radical (unpaired) electrons. The molecule has 1 aromatic carbocycles. The van der Waals surface area contributed by atoms with Gasteiger partial charge < -0.3 is 24.4 Å². The number of alkyl carbamates (subject to hydrolysis) is 1. The number of nitrogens with zero attached hydrogens (tertiary/aromatic N) is 3. The number of benzene rings is 1. The molecule has 238 valence electrons. The maximum atomic E-state index is 15.4. The normalized spacial score (nSPS) is 33.4. The Morgan fingerprint density at radius 2 is 1.86 bits per heavy atom. The standard InChI is InChI=1S/C32H40F2N4O6/c1-15-23-14-38(26(15)16(2)39)29(40)27(31(3,4)5)37-30(41)44-22-12-17(22)8-7-9-19-24(32(19,33)34)25-28(43-23)36-21-13-18(42-6)10-11-20(21)35-25/h10-11,13,15,17,19,22-24,26-27H,7-9,12,14H2,1-6H3,(H,37,41)/t15-,17-,19?,22-,23+,24?,26+,27-/m1/s1. The van der Waals surface area contributed by atoms with E-state index in [1.807, 2.05) is 20.8 Å². The summed E-state index contributed by atoms with van der Waals surface area (Å²) >= 11 is 0. The van der Waals surface area contributed by atoms with Crippen LogP contribution < -0.4 is 14.8 Å². The Balaban J connectivity index is 1.42. The van der Waals surface area contributed by atoms with E-state index in [9.17, 15) is 14.4 Å². The molecule has 3 heterocycles. The molecule has 0 spiro atoms. The fourth-order valence-corrected chi connectivity index (χ4v) is 7.01. The number of ketones is 1. The number of methoxy groups -OCH3 is 1. The van der Waals surface area contributed by atoms with Gasteiger partial charge in [-0.3, -0.25) is 9.59 Å². The molecule has 3 fully saturated rings. The Morgan fingerprint density at radius 1 is 1.11 bits per heavy atom. The predicted molar refractivity (Wildman–Crippen MR) is 156 cm³/mol. The highest BCUT2D eigenvalue weighted by Crippen LogP contribution is 2.64. The first-order valence-corrected chi connectivity index (χ1v) is 15.4. The van der Waals surface area contributed by atoms with E-state index in [2.05, 4.69) is 15.3 Å². The van der Waals surface area contributed by atoms with Gasteiger partial charge in [-0.15, -0.1) is 0 Å². The fraction of sp³-hybridized carbons (Fsp3) is 0.656. The second-order valence-corrected chi connectivity index (χ2v) is 13.9. The molecule has 1 N–H and O–H groups in total. The number of Topliss-reactive ketones (excluding diaryl/α,β-unsaturated/α-hetero) is 1. The highest BCUT2D eigenvalue weighted by atomic mass is 19.3. The highest BCUT2D eigenvalue weighted by Gasteiger charge is 2.70. The van der Waals surface area contributed by atoms with E-state index < -0.39 is 59.3 Å². The number of amides is 2. The van der Waals surface area contributed by atoms with Crippen molar-refractivity contribution in [1.82, 2.24) is 20.2 Å². The van der Waals surface area contributed by atoms with Crippen molar-refractivity contribution in [3.63, 3.8) is 0 Å². The minimum absolute atomic E-state index is 0.00000932. The van der Waals surface area contributed by atoms with Gasteiger partial charge in [-0.1, -0.05) is 34.1 Å². The molecule has 2 amide bonds. The lowest BCUT2D eigenvalue weighted by atomic mass is 9.85. The van der Waals surface area contributed by atoms with Crippen LogP contribution in [0, 0.1) is 23.2 Å². The van der Waals surface area contributed by atoms with E-state index in [0.29, 0.717) is 36.0 Å². The number of hydrogen-bond acceptors (Lipinski definition) is 8. The lowest BCUT2D eigenvalue weighted by Gasteiger charge is -2.35. The number of ether oxygens (including phenoxy) is 3. The van der Waals surface area contributed by atoms with Crippen LogP contribution in [-0.2, 0) is 14.3 Å². The molecule has 4 aliphatic rings. The second kappa shape index (κ2) is 10.8. The van der Waals surface area contributed by atoms with E-state index in [1.54, 1.807) is 25.1 Å². The molecule has 2 aliphatic carbocycles. The van der Waals surface area contributed by atoms with E-state index in [0.717, 1.165) is 0 Å². The monoisotopic (exact) mass is 614 g/mol. The third kappa shape index (κ3) is 5.45. The third-order valence-corrected chi connectivity index (χ3v) is 9.70. The van der Waals surface area contributed by atoms with Crippen LogP contribution in [0.25, 0.3) is 11.0 Å². The summed E-state index contributed by atoms with van der Waals surface area (Å²) in [4.78, 5) is 50.7. The number of alkyl halides is 2. The first-order chi connectivity index (χ1) is 20.7. The van der Waals surface area contributed by atoms with Gasteiger partial charge in [0.15, 0.2) is 5.78 Å². The summed E-state index contributed by atoms with van der Waals surface area (Å²) in [6.07, 6.45) is 0.385. The quantitative estimate of drug-likeness (QED) is 0.508. The fourth-order valence-electron chi connectivity index (χ4n) is 7.01. The summed E-state index contributed by atoms with van der Waals surface area (Å²) in [6, 6.07) is 3.22. The van der Waals surface area contributed by atoms with Crippen molar-refractivity contribution in [3.8, 4) is 11.6 Å². The van der Waals surface area contributed by atoms with Crippen molar-refractivity contribution in [2.24, 2.45) is 23.2 Å². The number of halogens is 2. The van der Waals surface area contributed by atoms with Gasteiger partial charge >= 0.3 is 6.09 Å². The number of nitrogens with one attached hydrogen (secondary N) is 1. The number of hydrogen-bond donors (Lipinski definition) is 1. The van der Waals surface area contributed by atoms with E-state index >= 15 is 8.78 Å². The molecule has 44 heavy (non-hydrogen) atoms. The summed E-state index contributed by atoms with van der Waals surface area (Å²) < 4.78 is 48.2. The summed E-state index contributed by atoms with van der Waals surface area (Å²) in [5.41, 5.74) is 0.244. The summed E-state index contributed by atoms with van der Waals surface area (Å²) in [6.45, 7) is 8.68. The van der Waals surface area contributed by atoms with Crippen LogP contribution in [0.3, 0.4) is 0 Å². The summed E-state index contributed by atoms with van der Waals surface area (Å²) in [7, 11) is 1.52. The third-order valence-electron chi connectivity index (χ3n) is 9.70. The topological polar surface area (TPSA) is 120 Å². The van der Waals surface area contributed by atoms with Gasteiger partial charge in [0.05, 0.1) is 36.6 Å². The molecule has 2 aromatic rings. The number of carbonyl (C=O) groups excluding carboxylic acids is 3. The average molecular weight is 615 g/mol. The molecule has 2 unspecified atom stereocenters. The largest absolute Gasteiger partial charge is 0.497 e. The minimum Gasteiger partial charge on any atom is -0.497 e. The molecular weight excluding hydrogens is 574 g/mol. The lowest BCUT2D eigenvalue weighted by molar-refractivity contribution is -0.141. The molecule has 12 heteroatoms. The first-order valence-electron chi connectivity index (χ1n) is 15.4. The number of aromatic nitrogens is 2. The zero-order chi connectivity index (χ0) is 31.7. The Morgan fingerprint density at radius 3 is 2.55 bits per heavy atom. The zero-order valence-corrected chi connectivity index (χ0v) is 25.9. The van der Waals surface area contributed by atoms with Crippen molar-refractivity contribution in [2.45, 2.75) is 96.4 Å². The zero-order valence-electron chi connectivity index (χ0n) is 25.9. The Bertz CT molecular complexity index is 1500. The van der Waals surface area contributed by atoms with Crippen molar-refractivity contribution < 1.29 is 37.4 Å². The second-order valence-electron chi connectivity index (χ2n) is 13.9. The van der Waals surface area contributed by atoms with Gasteiger partial charge in [0, 0.05) is 17.9 Å². The van der Waals surface area contributed by atoms with Crippen LogP contribution in [-0.4, -0.2) is 76.5 Å².